The van der Waals surface area contributed by atoms with Crippen LogP contribution < -0.4 is 0 Å². The van der Waals surface area contributed by atoms with Crippen LogP contribution in [0.4, 0.5) is 0 Å². The highest BCUT2D eigenvalue weighted by Crippen LogP contribution is 2.41. The smallest absolute Gasteiger partial charge is 0.274 e. The number of piperidine rings is 1. The second-order valence-corrected chi connectivity index (χ2v) is 8.33. The minimum atomic E-state index is -0.435. The first kappa shape index (κ1) is 17.4. The van der Waals surface area contributed by atoms with Crippen molar-refractivity contribution in [1.29, 1.82) is 0 Å². The highest BCUT2D eigenvalue weighted by atomic mass is 16.2. The number of nitrogens with zero attached hydrogens (tertiary/aromatic N) is 4. The van der Waals surface area contributed by atoms with Gasteiger partial charge in [-0.1, -0.05) is 6.07 Å². The first-order valence-electron chi connectivity index (χ1n) is 10.2. The van der Waals surface area contributed by atoms with Gasteiger partial charge in [0.05, 0.1) is 5.41 Å². The lowest BCUT2D eigenvalue weighted by Gasteiger charge is -2.39. The molecule has 2 aliphatic heterocycles. The fraction of sp³-hybridized carbons (Fsp3) is 0.524. The lowest BCUT2D eigenvalue weighted by Crippen LogP contribution is -2.50. The molecule has 5 rings (SSSR count). The van der Waals surface area contributed by atoms with Gasteiger partial charge in [0.1, 0.15) is 0 Å². The number of aromatic amines is 1. The van der Waals surface area contributed by atoms with Crippen LogP contribution in [-0.2, 0) is 24.2 Å². The van der Waals surface area contributed by atoms with Crippen molar-refractivity contribution in [2.45, 2.75) is 45.1 Å². The van der Waals surface area contributed by atoms with Crippen molar-refractivity contribution in [1.82, 2.24) is 25.0 Å². The molecule has 146 valence electrons. The molecule has 0 unspecified atom stereocenters. The Morgan fingerprint density at radius 3 is 3.00 bits per heavy atom. The summed E-state index contributed by atoms with van der Waals surface area (Å²) in [5, 5.41) is 7.31. The van der Waals surface area contributed by atoms with E-state index in [1.54, 1.807) is 6.20 Å². The molecule has 0 bridgehead atoms. The molecule has 28 heavy (non-hydrogen) atoms. The van der Waals surface area contributed by atoms with Crippen molar-refractivity contribution in [3.63, 3.8) is 0 Å². The summed E-state index contributed by atoms with van der Waals surface area (Å²) in [5.41, 5.74) is 3.37. The number of H-pyrrole nitrogens is 1. The van der Waals surface area contributed by atoms with Gasteiger partial charge < -0.3 is 9.80 Å². The summed E-state index contributed by atoms with van der Waals surface area (Å²) in [7, 11) is 0. The third-order valence-electron chi connectivity index (χ3n) is 6.57. The SMILES string of the molecule is O=C(c1n[nH]c2c1CCC2)N1CC[C@@]2(CCCN(Cc3cccnc3)C2=O)C1. The van der Waals surface area contributed by atoms with E-state index in [-0.39, 0.29) is 11.8 Å². The lowest BCUT2D eigenvalue weighted by molar-refractivity contribution is -0.146. The quantitative estimate of drug-likeness (QED) is 0.884. The summed E-state index contributed by atoms with van der Waals surface area (Å²) < 4.78 is 0. The van der Waals surface area contributed by atoms with Gasteiger partial charge in [-0.2, -0.15) is 5.10 Å². The molecule has 3 aliphatic rings. The Labute approximate surface area is 164 Å². The number of hydrogen-bond acceptors (Lipinski definition) is 4. The predicted molar refractivity (Wildman–Crippen MR) is 102 cm³/mol. The van der Waals surface area contributed by atoms with E-state index in [1.165, 1.54) is 0 Å². The lowest BCUT2D eigenvalue weighted by atomic mass is 9.78. The molecule has 0 saturated carbocycles. The van der Waals surface area contributed by atoms with Gasteiger partial charge in [-0.05, 0) is 50.2 Å². The topological polar surface area (TPSA) is 82.2 Å². The molecule has 4 heterocycles. The zero-order valence-electron chi connectivity index (χ0n) is 16.0. The van der Waals surface area contributed by atoms with Crippen LogP contribution in [0.1, 0.15) is 53.0 Å². The minimum Gasteiger partial charge on any atom is -0.338 e. The Bertz CT molecular complexity index is 909. The van der Waals surface area contributed by atoms with Crippen LogP contribution in [0.25, 0.3) is 0 Å². The molecule has 1 N–H and O–H groups in total. The van der Waals surface area contributed by atoms with Crippen LogP contribution >= 0.6 is 0 Å². The fourth-order valence-electron chi connectivity index (χ4n) is 5.09. The number of carbonyl (C=O) groups excluding carboxylic acids is 2. The molecule has 2 saturated heterocycles. The third kappa shape index (κ3) is 2.80. The largest absolute Gasteiger partial charge is 0.338 e. The third-order valence-corrected chi connectivity index (χ3v) is 6.57. The normalized spacial score (nSPS) is 24.2. The summed E-state index contributed by atoms with van der Waals surface area (Å²) in [6, 6.07) is 3.90. The summed E-state index contributed by atoms with van der Waals surface area (Å²) >= 11 is 0. The molecule has 2 fully saturated rings. The highest BCUT2D eigenvalue weighted by Gasteiger charge is 2.49. The van der Waals surface area contributed by atoms with E-state index in [0.29, 0.717) is 25.3 Å². The van der Waals surface area contributed by atoms with Crippen LogP contribution in [0.5, 0.6) is 0 Å². The number of rotatable bonds is 3. The zero-order chi connectivity index (χ0) is 19.1. The highest BCUT2D eigenvalue weighted by molar-refractivity contribution is 5.95. The van der Waals surface area contributed by atoms with Crippen molar-refractivity contribution in [3.8, 4) is 0 Å². The maximum Gasteiger partial charge on any atom is 0.274 e. The van der Waals surface area contributed by atoms with Gasteiger partial charge in [0, 0.05) is 49.8 Å². The van der Waals surface area contributed by atoms with Crippen molar-refractivity contribution in [3.05, 3.63) is 47.0 Å². The number of carbonyl (C=O) groups is 2. The van der Waals surface area contributed by atoms with Crippen molar-refractivity contribution < 1.29 is 9.59 Å². The average Bonchev–Trinajstić information content (AvgIpc) is 3.42. The van der Waals surface area contributed by atoms with Gasteiger partial charge in [-0.25, -0.2) is 0 Å². The monoisotopic (exact) mass is 379 g/mol. The molecule has 2 amide bonds. The molecule has 7 nitrogen and oxygen atoms in total. The van der Waals surface area contributed by atoms with Crippen molar-refractivity contribution in [2.24, 2.45) is 5.41 Å². The summed E-state index contributed by atoms with van der Waals surface area (Å²) in [4.78, 5) is 34.4. The first-order valence-corrected chi connectivity index (χ1v) is 10.2. The van der Waals surface area contributed by atoms with Gasteiger partial charge in [0.15, 0.2) is 5.69 Å². The number of aryl methyl sites for hydroxylation is 1. The summed E-state index contributed by atoms with van der Waals surface area (Å²) in [6.45, 7) is 2.51. The molecule has 1 aliphatic carbocycles. The van der Waals surface area contributed by atoms with E-state index in [4.69, 9.17) is 0 Å². The molecule has 0 aromatic carbocycles. The Balaban J connectivity index is 1.32. The summed E-state index contributed by atoms with van der Waals surface area (Å²) in [6.07, 6.45) is 9.12. The first-order chi connectivity index (χ1) is 13.7. The zero-order valence-corrected chi connectivity index (χ0v) is 16.0. The maximum absolute atomic E-state index is 13.3. The van der Waals surface area contributed by atoms with Crippen LogP contribution in [0.2, 0.25) is 0 Å². The number of fused-ring (bicyclic) bond motifs is 1. The fourth-order valence-corrected chi connectivity index (χ4v) is 5.09. The van der Waals surface area contributed by atoms with E-state index < -0.39 is 5.41 Å². The molecule has 0 radical (unpaired) electrons. The van der Waals surface area contributed by atoms with Crippen molar-refractivity contribution >= 4 is 11.8 Å². The van der Waals surface area contributed by atoms with Crippen LogP contribution in [0, 0.1) is 5.41 Å². The Kier molecular flexibility index (Phi) is 4.18. The molecule has 7 heteroatoms. The Morgan fingerprint density at radius 2 is 2.14 bits per heavy atom. The van der Waals surface area contributed by atoms with Gasteiger partial charge >= 0.3 is 0 Å². The molecular weight excluding hydrogens is 354 g/mol. The number of pyridine rings is 1. The van der Waals surface area contributed by atoms with Crippen LogP contribution in [0.15, 0.2) is 24.5 Å². The number of amides is 2. The van der Waals surface area contributed by atoms with E-state index in [9.17, 15) is 9.59 Å². The number of likely N-dealkylation sites (tertiary alicyclic amines) is 2. The average molecular weight is 379 g/mol. The maximum atomic E-state index is 13.3. The second-order valence-electron chi connectivity index (χ2n) is 8.33. The number of nitrogens with one attached hydrogen (secondary N) is 1. The van der Waals surface area contributed by atoms with Crippen molar-refractivity contribution in [2.75, 3.05) is 19.6 Å². The predicted octanol–water partition coefficient (Wildman–Crippen LogP) is 1.95. The minimum absolute atomic E-state index is 0.0199. The van der Waals surface area contributed by atoms with Gasteiger partial charge in [-0.3, -0.25) is 19.7 Å². The van der Waals surface area contributed by atoms with E-state index in [0.717, 1.165) is 61.9 Å². The molecule has 2 aromatic rings. The van der Waals surface area contributed by atoms with E-state index in [2.05, 4.69) is 15.2 Å². The van der Waals surface area contributed by atoms with Gasteiger partial charge in [0.2, 0.25) is 5.91 Å². The van der Waals surface area contributed by atoms with E-state index >= 15 is 0 Å². The van der Waals surface area contributed by atoms with Crippen LogP contribution in [0.3, 0.4) is 0 Å². The van der Waals surface area contributed by atoms with Gasteiger partial charge in [-0.15, -0.1) is 0 Å². The Hall–Kier alpha value is -2.70. The molecular formula is C21H25N5O2. The molecule has 2 aromatic heterocycles. The standard InChI is InChI=1S/C21H25N5O2/c27-19(18-16-5-1-6-17(16)23-24-18)26-11-8-21(14-26)7-3-10-25(20(21)28)13-15-4-2-9-22-12-15/h2,4,9,12H,1,3,5-8,10-11,13-14H2,(H,23,24)/t21-/m0/s1. The Morgan fingerprint density at radius 1 is 1.21 bits per heavy atom. The molecule has 1 spiro atoms. The van der Waals surface area contributed by atoms with Gasteiger partial charge in [0.25, 0.3) is 5.91 Å². The number of aromatic nitrogens is 3. The van der Waals surface area contributed by atoms with Crippen LogP contribution in [-0.4, -0.2) is 56.4 Å². The second kappa shape index (κ2) is 6.72. The summed E-state index contributed by atoms with van der Waals surface area (Å²) in [5.74, 6) is 0.165. The molecule has 1 atom stereocenters. The van der Waals surface area contributed by atoms with E-state index in [1.807, 2.05) is 28.1 Å². The number of hydrogen-bond donors (Lipinski definition) is 1.